The summed E-state index contributed by atoms with van der Waals surface area (Å²) in [5.74, 6) is -2.88. The molecule has 0 aromatic heterocycles. The Morgan fingerprint density at radius 1 is 0.929 bits per heavy atom. The van der Waals surface area contributed by atoms with Crippen molar-refractivity contribution in [2.24, 2.45) is 0 Å². The van der Waals surface area contributed by atoms with E-state index in [0.717, 1.165) is 18.2 Å². The topological polar surface area (TPSA) is 40.5 Å². The molecule has 14 heavy (non-hydrogen) atoms. The molecule has 0 bridgehead atoms. The number of hydrogen-bond donors (Lipinski definition) is 2. The maximum atomic E-state index is 13.2. The van der Waals surface area contributed by atoms with Crippen LogP contribution < -0.4 is 0 Å². The standard InChI is InChI=1S/C10H6F2O2/c11-7-4-6-5(3-9(7)14)1-2-8(13)10(6)12/h1-4,13-14H. The van der Waals surface area contributed by atoms with Crippen molar-refractivity contribution in [3.63, 3.8) is 0 Å². The molecule has 2 aromatic carbocycles. The van der Waals surface area contributed by atoms with E-state index in [-0.39, 0.29) is 5.39 Å². The van der Waals surface area contributed by atoms with Crippen molar-refractivity contribution >= 4 is 10.8 Å². The highest BCUT2D eigenvalue weighted by Crippen LogP contribution is 2.29. The summed E-state index contributed by atoms with van der Waals surface area (Å²) in [6, 6.07) is 4.49. The van der Waals surface area contributed by atoms with Crippen molar-refractivity contribution in [3.05, 3.63) is 35.9 Å². The average molecular weight is 196 g/mol. The molecule has 2 rings (SSSR count). The van der Waals surface area contributed by atoms with E-state index in [1.165, 1.54) is 6.07 Å². The Bertz CT molecular complexity index is 509. The van der Waals surface area contributed by atoms with Crippen molar-refractivity contribution in [1.82, 2.24) is 0 Å². The minimum absolute atomic E-state index is 0.0553. The lowest BCUT2D eigenvalue weighted by atomic mass is 10.1. The number of phenolic OH excluding ortho intramolecular Hbond substituents is 2. The van der Waals surface area contributed by atoms with Gasteiger partial charge in [-0.25, -0.2) is 8.78 Å². The molecule has 4 heteroatoms. The molecule has 0 aliphatic rings. The summed E-state index contributed by atoms with van der Waals surface area (Å²) in [4.78, 5) is 0. The predicted molar refractivity (Wildman–Crippen MR) is 47.2 cm³/mol. The molecule has 0 unspecified atom stereocenters. The van der Waals surface area contributed by atoms with Gasteiger partial charge in [0.25, 0.3) is 0 Å². The van der Waals surface area contributed by atoms with Crippen LogP contribution in [-0.4, -0.2) is 10.2 Å². The van der Waals surface area contributed by atoms with Crippen molar-refractivity contribution < 1.29 is 19.0 Å². The van der Waals surface area contributed by atoms with Crippen molar-refractivity contribution in [2.45, 2.75) is 0 Å². The molecular formula is C10H6F2O2. The molecule has 0 radical (unpaired) electrons. The second-order valence-electron chi connectivity index (χ2n) is 2.92. The highest BCUT2D eigenvalue weighted by molar-refractivity contribution is 5.86. The molecule has 0 saturated carbocycles. The van der Waals surface area contributed by atoms with Crippen LogP contribution in [0.4, 0.5) is 8.78 Å². The van der Waals surface area contributed by atoms with Gasteiger partial charge in [-0.05, 0) is 23.6 Å². The van der Waals surface area contributed by atoms with Gasteiger partial charge in [-0.1, -0.05) is 6.07 Å². The summed E-state index contributed by atoms with van der Waals surface area (Å²) in [7, 11) is 0. The van der Waals surface area contributed by atoms with Crippen molar-refractivity contribution in [2.75, 3.05) is 0 Å². The largest absolute Gasteiger partial charge is 0.505 e. The summed E-state index contributed by atoms with van der Waals surface area (Å²) >= 11 is 0. The van der Waals surface area contributed by atoms with E-state index in [2.05, 4.69) is 0 Å². The summed E-state index contributed by atoms with van der Waals surface area (Å²) in [6.07, 6.45) is 0. The van der Waals surface area contributed by atoms with E-state index in [0.29, 0.717) is 5.39 Å². The predicted octanol–water partition coefficient (Wildman–Crippen LogP) is 2.53. The zero-order valence-electron chi connectivity index (χ0n) is 6.96. The van der Waals surface area contributed by atoms with Gasteiger partial charge in [0.05, 0.1) is 0 Å². The first-order valence-electron chi connectivity index (χ1n) is 3.89. The van der Waals surface area contributed by atoms with Crippen LogP contribution in [0.3, 0.4) is 0 Å². The maximum absolute atomic E-state index is 13.2. The molecule has 0 fully saturated rings. The lowest BCUT2D eigenvalue weighted by Gasteiger charge is -2.02. The number of benzene rings is 2. The van der Waals surface area contributed by atoms with Crippen molar-refractivity contribution in [3.8, 4) is 11.5 Å². The fraction of sp³-hybridized carbons (Fsp3) is 0. The van der Waals surface area contributed by atoms with E-state index in [4.69, 9.17) is 10.2 Å². The van der Waals surface area contributed by atoms with Crippen LogP contribution in [-0.2, 0) is 0 Å². The Morgan fingerprint density at radius 3 is 2.36 bits per heavy atom. The molecule has 0 atom stereocenters. The minimum Gasteiger partial charge on any atom is -0.505 e. The molecule has 0 saturated heterocycles. The molecule has 0 aliphatic carbocycles. The van der Waals surface area contributed by atoms with E-state index in [1.54, 1.807) is 0 Å². The van der Waals surface area contributed by atoms with Crippen LogP contribution in [0.1, 0.15) is 0 Å². The van der Waals surface area contributed by atoms with Gasteiger partial charge >= 0.3 is 0 Å². The maximum Gasteiger partial charge on any atom is 0.172 e. The Balaban J connectivity index is 2.89. The summed E-state index contributed by atoms with van der Waals surface area (Å²) in [5.41, 5.74) is 0. The monoisotopic (exact) mass is 196 g/mol. The molecule has 72 valence electrons. The Morgan fingerprint density at radius 2 is 1.64 bits per heavy atom. The normalized spacial score (nSPS) is 10.7. The number of halogens is 2. The molecule has 2 nitrogen and oxygen atoms in total. The first-order chi connectivity index (χ1) is 6.59. The fourth-order valence-corrected chi connectivity index (χ4v) is 1.29. The second-order valence-corrected chi connectivity index (χ2v) is 2.92. The molecule has 0 amide bonds. The van der Waals surface area contributed by atoms with Crippen LogP contribution >= 0.6 is 0 Å². The van der Waals surface area contributed by atoms with Crippen LogP contribution in [0.25, 0.3) is 10.8 Å². The van der Waals surface area contributed by atoms with Crippen LogP contribution in [0, 0.1) is 11.6 Å². The fourth-order valence-electron chi connectivity index (χ4n) is 1.29. The van der Waals surface area contributed by atoms with Gasteiger partial charge in [0, 0.05) is 5.39 Å². The van der Waals surface area contributed by atoms with Gasteiger partial charge in [0.2, 0.25) is 0 Å². The third-order valence-electron chi connectivity index (χ3n) is 2.00. The third kappa shape index (κ3) is 1.16. The highest BCUT2D eigenvalue weighted by atomic mass is 19.1. The molecular weight excluding hydrogens is 190 g/mol. The second kappa shape index (κ2) is 2.83. The minimum atomic E-state index is -0.915. The average Bonchev–Trinajstić information content (AvgIpc) is 2.15. The molecule has 2 aromatic rings. The number of hydrogen-bond acceptors (Lipinski definition) is 2. The number of aromatic hydroxyl groups is 2. The van der Waals surface area contributed by atoms with Crippen LogP contribution in [0.5, 0.6) is 11.5 Å². The smallest absolute Gasteiger partial charge is 0.172 e. The quantitative estimate of drug-likeness (QED) is 0.679. The van der Waals surface area contributed by atoms with E-state index in [9.17, 15) is 8.78 Å². The summed E-state index contributed by atoms with van der Waals surface area (Å²) < 4.78 is 26.1. The molecule has 2 N–H and O–H groups in total. The molecule has 0 heterocycles. The number of fused-ring (bicyclic) bond motifs is 1. The van der Waals surface area contributed by atoms with E-state index in [1.807, 2.05) is 0 Å². The Kier molecular flexibility index (Phi) is 1.77. The number of rotatable bonds is 0. The highest BCUT2D eigenvalue weighted by Gasteiger charge is 2.09. The van der Waals surface area contributed by atoms with Crippen LogP contribution in [0.2, 0.25) is 0 Å². The summed E-state index contributed by atoms with van der Waals surface area (Å²) in [6.45, 7) is 0. The van der Waals surface area contributed by atoms with Gasteiger partial charge in [-0.2, -0.15) is 0 Å². The third-order valence-corrected chi connectivity index (χ3v) is 2.00. The first-order valence-corrected chi connectivity index (χ1v) is 3.89. The SMILES string of the molecule is Oc1cc2ccc(O)c(F)c2cc1F. The zero-order valence-corrected chi connectivity index (χ0v) is 6.96. The summed E-state index contributed by atoms with van der Waals surface area (Å²) in [5, 5.41) is 18.3. The van der Waals surface area contributed by atoms with Gasteiger partial charge in [-0.15, -0.1) is 0 Å². The van der Waals surface area contributed by atoms with Crippen molar-refractivity contribution in [1.29, 1.82) is 0 Å². The van der Waals surface area contributed by atoms with Gasteiger partial charge in [0.1, 0.15) is 0 Å². The lowest BCUT2D eigenvalue weighted by molar-refractivity contribution is 0.430. The van der Waals surface area contributed by atoms with Gasteiger partial charge in [0.15, 0.2) is 23.1 Å². The van der Waals surface area contributed by atoms with Gasteiger partial charge in [-0.3, -0.25) is 0 Å². The van der Waals surface area contributed by atoms with E-state index < -0.39 is 23.1 Å². The number of phenols is 2. The molecule has 0 aliphatic heterocycles. The van der Waals surface area contributed by atoms with Gasteiger partial charge < -0.3 is 10.2 Å². The Labute approximate surface area is 78.0 Å². The zero-order chi connectivity index (χ0) is 10.3. The lowest BCUT2D eigenvalue weighted by Crippen LogP contribution is -1.83. The van der Waals surface area contributed by atoms with E-state index >= 15 is 0 Å². The Hall–Kier alpha value is -1.84. The molecule has 0 spiro atoms. The first kappa shape index (κ1) is 8.74. The van der Waals surface area contributed by atoms with Crippen LogP contribution in [0.15, 0.2) is 24.3 Å².